The number of rotatable bonds is 8. The molecule has 0 aliphatic rings. The minimum absolute atomic E-state index is 0.0242. The summed E-state index contributed by atoms with van der Waals surface area (Å²) in [6, 6.07) is 9.26. The second-order valence-corrected chi connectivity index (χ2v) is 6.38. The zero-order valence-electron chi connectivity index (χ0n) is 13.9. The summed E-state index contributed by atoms with van der Waals surface area (Å²) in [7, 11) is 1.34. The Hall–Kier alpha value is -1.86. The van der Waals surface area contributed by atoms with Gasteiger partial charge in [0, 0.05) is 10.5 Å². The quantitative estimate of drug-likeness (QED) is 0.500. The maximum atomic E-state index is 11.7. The van der Waals surface area contributed by atoms with Gasteiger partial charge in [0.2, 0.25) is 0 Å². The van der Waals surface area contributed by atoms with Crippen LogP contribution in [0.2, 0.25) is 0 Å². The third-order valence-corrected chi connectivity index (χ3v) is 3.97. The van der Waals surface area contributed by atoms with E-state index in [1.807, 2.05) is 31.2 Å². The Kier molecular flexibility index (Phi) is 6.39. The van der Waals surface area contributed by atoms with Crippen molar-refractivity contribution in [1.82, 2.24) is 5.16 Å². The summed E-state index contributed by atoms with van der Waals surface area (Å²) in [5.41, 5.74) is -0.243. The van der Waals surface area contributed by atoms with Crippen LogP contribution in [-0.4, -0.2) is 31.4 Å². The number of aromatic nitrogens is 1. The molecule has 0 spiro atoms. The summed E-state index contributed by atoms with van der Waals surface area (Å²) in [6.45, 7) is 4.19. The number of ether oxygens (including phenoxy) is 3. The standard InChI is InChI=1S/C17H20BrNO5/c1-12-10-15(24-19-12)17(2,11-16(20)21-3)23-9-8-22-14-6-4-13(18)5-7-14/h4-7,10H,8-9,11H2,1-3H3. The van der Waals surface area contributed by atoms with Crippen LogP contribution in [0.1, 0.15) is 24.8 Å². The summed E-state index contributed by atoms with van der Waals surface area (Å²) in [6.07, 6.45) is 0.0242. The number of hydrogen-bond acceptors (Lipinski definition) is 6. The van der Waals surface area contributed by atoms with Gasteiger partial charge in [-0.25, -0.2) is 0 Å². The van der Waals surface area contributed by atoms with E-state index in [1.54, 1.807) is 13.0 Å². The average molecular weight is 398 g/mol. The molecular formula is C17H20BrNO5. The van der Waals surface area contributed by atoms with Crippen molar-refractivity contribution >= 4 is 21.9 Å². The van der Waals surface area contributed by atoms with E-state index < -0.39 is 5.60 Å². The Balaban J connectivity index is 1.95. The molecule has 0 N–H and O–H groups in total. The van der Waals surface area contributed by atoms with Crippen LogP contribution in [0.25, 0.3) is 0 Å². The summed E-state index contributed by atoms with van der Waals surface area (Å²) < 4.78 is 22.5. The minimum atomic E-state index is -0.961. The molecular weight excluding hydrogens is 378 g/mol. The number of aryl methyl sites for hydroxylation is 1. The molecule has 1 heterocycles. The lowest BCUT2D eigenvalue weighted by Gasteiger charge is -2.26. The van der Waals surface area contributed by atoms with Crippen molar-refractivity contribution in [1.29, 1.82) is 0 Å². The van der Waals surface area contributed by atoms with Crippen LogP contribution >= 0.6 is 15.9 Å². The molecule has 0 amide bonds. The van der Waals surface area contributed by atoms with Gasteiger partial charge in [0.15, 0.2) is 5.76 Å². The summed E-state index contributed by atoms with van der Waals surface area (Å²) in [4.78, 5) is 11.7. The lowest BCUT2D eigenvalue weighted by molar-refractivity contribution is -0.151. The number of carbonyl (C=O) groups is 1. The second kappa shape index (κ2) is 8.30. The van der Waals surface area contributed by atoms with E-state index in [9.17, 15) is 4.79 Å². The molecule has 0 aliphatic heterocycles. The maximum Gasteiger partial charge on any atom is 0.308 e. The van der Waals surface area contributed by atoms with Crippen LogP contribution in [-0.2, 0) is 19.9 Å². The third kappa shape index (κ3) is 5.07. The van der Waals surface area contributed by atoms with Gasteiger partial charge in [-0.15, -0.1) is 0 Å². The normalized spacial score (nSPS) is 13.3. The van der Waals surface area contributed by atoms with Crippen molar-refractivity contribution in [2.24, 2.45) is 0 Å². The van der Waals surface area contributed by atoms with E-state index in [0.717, 1.165) is 15.9 Å². The fourth-order valence-corrected chi connectivity index (χ4v) is 2.39. The van der Waals surface area contributed by atoms with Gasteiger partial charge in [-0.05, 0) is 38.1 Å². The number of nitrogens with zero attached hydrogens (tertiary/aromatic N) is 1. The molecule has 0 fully saturated rings. The molecule has 1 aromatic heterocycles. The second-order valence-electron chi connectivity index (χ2n) is 5.47. The predicted octanol–water partition coefficient (Wildman–Crippen LogP) is 3.62. The van der Waals surface area contributed by atoms with Gasteiger partial charge in [-0.3, -0.25) is 4.79 Å². The first-order valence-corrected chi connectivity index (χ1v) is 8.25. The van der Waals surface area contributed by atoms with E-state index in [-0.39, 0.29) is 19.0 Å². The number of hydrogen-bond donors (Lipinski definition) is 0. The lowest BCUT2D eigenvalue weighted by Crippen LogP contribution is -2.31. The van der Waals surface area contributed by atoms with E-state index in [4.69, 9.17) is 18.7 Å². The largest absolute Gasteiger partial charge is 0.491 e. The molecule has 1 unspecified atom stereocenters. The first-order chi connectivity index (χ1) is 11.4. The van der Waals surface area contributed by atoms with Gasteiger partial charge in [0.1, 0.15) is 18.0 Å². The number of halogens is 1. The average Bonchev–Trinajstić information content (AvgIpc) is 3.00. The molecule has 0 bridgehead atoms. The van der Waals surface area contributed by atoms with Gasteiger partial charge in [-0.1, -0.05) is 21.1 Å². The molecule has 6 nitrogen and oxygen atoms in total. The van der Waals surface area contributed by atoms with Crippen LogP contribution in [0.15, 0.2) is 39.3 Å². The fourth-order valence-electron chi connectivity index (χ4n) is 2.13. The highest BCUT2D eigenvalue weighted by Gasteiger charge is 2.35. The molecule has 1 atom stereocenters. The van der Waals surface area contributed by atoms with E-state index in [1.165, 1.54) is 7.11 Å². The maximum absolute atomic E-state index is 11.7. The smallest absolute Gasteiger partial charge is 0.308 e. The molecule has 0 radical (unpaired) electrons. The first-order valence-electron chi connectivity index (χ1n) is 7.46. The van der Waals surface area contributed by atoms with E-state index in [2.05, 4.69) is 21.1 Å². The van der Waals surface area contributed by atoms with Crippen molar-refractivity contribution in [3.05, 3.63) is 46.3 Å². The number of methoxy groups -OCH3 is 1. The van der Waals surface area contributed by atoms with Crippen LogP contribution in [0.4, 0.5) is 0 Å². The van der Waals surface area contributed by atoms with Crippen molar-refractivity contribution in [2.45, 2.75) is 25.9 Å². The Morgan fingerprint density at radius 3 is 2.58 bits per heavy atom. The molecule has 0 aliphatic carbocycles. The Bertz CT molecular complexity index is 670. The highest BCUT2D eigenvalue weighted by Crippen LogP contribution is 2.30. The van der Waals surface area contributed by atoms with Crippen LogP contribution < -0.4 is 4.74 Å². The van der Waals surface area contributed by atoms with E-state index in [0.29, 0.717) is 12.4 Å². The number of carbonyl (C=O) groups excluding carboxylic acids is 1. The Morgan fingerprint density at radius 2 is 2.00 bits per heavy atom. The van der Waals surface area contributed by atoms with Gasteiger partial charge in [0.05, 0.1) is 25.8 Å². The first kappa shape index (κ1) is 18.5. The third-order valence-electron chi connectivity index (χ3n) is 3.44. The topological polar surface area (TPSA) is 70.8 Å². The zero-order valence-corrected chi connectivity index (χ0v) is 15.5. The Morgan fingerprint density at radius 1 is 1.29 bits per heavy atom. The van der Waals surface area contributed by atoms with Crippen molar-refractivity contribution in [2.75, 3.05) is 20.3 Å². The van der Waals surface area contributed by atoms with Crippen molar-refractivity contribution in [3.63, 3.8) is 0 Å². The van der Waals surface area contributed by atoms with Crippen LogP contribution in [0.5, 0.6) is 5.75 Å². The predicted molar refractivity (Wildman–Crippen MR) is 90.8 cm³/mol. The van der Waals surface area contributed by atoms with E-state index >= 15 is 0 Å². The zero-order chi connectivity index (χ0) is 17.6. The van der Waals surface area contributed by atoms with Gasteiger partial charge in [0.25, 0.3) is 0 Å². The summed E-state index contributed by atoms with van der Waals surface area (Å²) in [5.74, 6) is 0.835. The fraction of sp³-hybridized carbons (Fsp3) is 0.412. The monoisotopic (exact) mass is 397 g/mol. The molecule has 1 aromatic carbocycles. The molecule has 0 saturated heterocycles. The van der Waals surface area contributed by atoms with Gasteiger partial charge < -0.3 is 18.7 Å². The number of benzene rings is 1. The van der Waals surface area contributed by atoms with Crippen LogP contribution in [0, 0.1) is 6.92 Å². The number of esters is 1. The van der Waals surface area contributed by atoms with Crippen molar-refractivity contribution < 1.29 is 23.5 Å². The summed E-state index contributed by atoms with van der Waals surface area (Å²) in [5, 5.41) is 3.86. The summed E-state index contributed by atoms with van der Waals surface area (Å²) >= 11 is 3.37. The van der Waals surface area contributed by atoms with Gasteiger partial charge in [-0.2, -0.15) is 0 Å². The minimum Gasteiger partial charge on any atom is -0.491 e. The molecule has 24 heavy (non-hydrogen) atoms. The van der Waals surface area contributed by atoms with Crippen LogP contribution in [0.3, 0.4) is 0 Å². The Labute approximate surface area is 149 Å². The highest BCUT2D eigenvalue weighted by molar-refractivity contribution is 9.10. The molecule has 2 rings (SSSR count). The SMILES string of the molecule is COC(=O)CC(C)(OCCOc1ccc(Br)cc1)c1cc(C)no1. The molecule has 130 valence electrons. The molecule has 2 aromatic rings. The molecule has 7 heteroatoms. The lowest BCUT2D eigenvalue weighted by atomic mass is 9.98. The molecule has 0 saturated carbocycles. The van der Waals surface area contributed by atoms with Gasteiger partial charge >= 0.3 is 5.97 Å². The highest BCUT2D eigenvalue weighted by atomic mass is 79.9. The van der Waals surface area contributed by atoms with Crippen molar-refractivity contribution in [3.8, 4) is 5.75 Å².